The smallest absolute Gasteiger partial charge is 0.243 e. The number of tetrazole rings is 1. The first kappa shape index (κ1) is 20.4. The Kier molecular flexibility index (Phi) is 6.49. The summed E-state index contributed by atoms with van der Waals surface area (Å²) >= 11 is 1.04. The lowest BCUT2D eigenvalue weighted by atomic mass is 10.2. The topological polar surface area (TPSA) is 115 Å². The molecule has 0 unspecified atom stereocenters. The number of carbonyl (C=O) groups is 2. The van der Waals surface area contributed by atoms with E-state index in [1.54, 1.807) is 12.1 Å². The number of benzene rings is 1. The quantitative estimate of drug-likeness (QED) is 0.415. The molecule has 3 rings (SSSR count). The fourth-order valence-electron chi connectivity index (χ4n) is 2.13. The number of amides is 2. The van der Waals surface area contributed by atoms with Crippen LogP contribution in [0, 0.1) is 17.5 Å². The Morgan fingerprint density at radius 2 is 1.97 bits per heavy atom. The third-order valence-corrected chi connectivity index (χ3v) is 4.43. The molecule has 2 heterocycles. The highest BCUT2D eigenvalue weighted by atomic mass is 32.2. The zero-order valence-corrected chi connectivity index (χ0v) is 15.4. The molecule has 9 nitrogen and oxygen atoms in total. The van der Waals surface area contributed by atoms with E-state index in [9.17, 15) is 22.8 Å². The maximum atomic E-state index is 13.5. The van der Waals surface area contributed by atoms with Crippen LogP contribution in [-0.4, -0.2) is 44.3 Å². The number of thioether (sulfide) groups is 1. The van der Waals surface area contributed by atoms with Crippen molar-refractivity contribution in [3.63, 3.8) is 0 Å². The largest absolute Gasteiger partial charge is 0.467 e. The minimum atomic E-state index is -1.70. The molecule has 2 aromatic heterocycles. The number of hydrogen-bond donors (Lipinski definition) is 2. The van der Waals surface area contributed by atoms with E-state index in [-0.39, 0.29) is 12.3 Å². The standard InChI is InChI=1S/C16H13F3N6O3S/c17-10-3-4-11(15(19)14(10)18)21-12(26)6-20-13(27)8-29-16-22-23-24-25(16)7-9-2-1-5-28-9/h1-5H,6-8H2,(H,20,27)(H,21,26). The Hall–Kier alpha value is -3.35. The molecule has 2 N–H and O–H groups in total. The van der Waals surface area contributed by atoms with Crippen LogP contribution >= 0.6 is 11.8 Å². The first-order valence-electron chi connectivity index (χ1n) is 8.05. The van der Waals surface area contributed by atoms with E-state index in [0.717, 1.165) is 17.8 Å². The fraction of sp³-hybridized carbons (Fsp3) is 0.188. The molecule has 0 aliphatic rings. The molecule has 152 valence electrons. The van der Waals surface area contributed by atoms with Gasteiger partial charge in [0.2, 0.25) is 17.0 Å². The molecule has 3 aromatic rings. The van der Waals surface area contributed by atoms with E-state index >= 15 is 0 Å². The molecular formula is C16H13F3N6O3S. The van der Waals surface area contributed by atoms with Gasteiger partial charge in [0, 0.05) is 0 Å². The Labute approximate surface area is 165 Å². The number of furan rings is 1. The van der Waals surface area contributed by atoms with Gasteiger partial charge in [-0.2, -0.15) is 0 Å². The molecule has 0 saturated carbocycles. The molecule has 1 aromatic carbocycles. The summed E-state index contributed by atoms with van der Waals surface area (Å²) in [6.07, 6.45) is 1.51. The van der Waals surface area contributed by atoms with Crippen molar-refractivity contribution in [3.8, 4) is 0 Å². The maximum absolute atomic E-state index is 13.5. The van der Waals surface area contributed by atoms with Crippen molar-refractivity contribution in [3.05, 3.63) is 53.7 Å². The second kappa shape index (κ2) is 9.23. The van der Waals surface area contributed by atoms with Gasteiger partial charge in [-0.3, -0.25) is 9.59 Å². The van der Waals surface area contributed by atoms with E-state index in [2.05, 4.69) is 20.8 Å². The number of hydrogen-bond acceptors (Lipinski definition) is 7. The van der Waals surface area contributed by atoms with Gasteiger partial charge in [0.05, 0.1) is 24.2 Å². The van der Waals surface area contributed by atoms with Crippen LogP contribution in [0.15, 0.2) is 40.1 Å². The highest BCUT2D eigenvalue weighted by Crippen LogP contribution is 2.19. The van der Waals surface area contributed by atoms with Crippen LogP contribution in [0.2, 0.25) is 0 Å². The van der Waals surface area contributed by atoms with Crippen molar-refractivity contribution in [2.24, 2.45) is 0 Å². The molecule has 2 amide bonds. The SMILES string of the molecule is O=C(CSc1nnnn1Cc1ccco1)NCC(=O)Nc1ccc(F)c(F)c1F. The summed E-state index contributed by atoms with van der Waals surface area (Å²) in [4.78, 5) is 23.7. The van der Waals surface area contributed by atoms with Gasteiger partial charge in [-0.05, 0) is 34.7 Å². The molecule has 0 saturated heterocycles. The summed E-state index contributed by atoms with van der Waals surface area (Å²) in [5.41, 5.74) is -0.533. The Balaban J connectivity index is 1.45. The van der Waals surface area contributed by atoms with Crippen molar-refractivity contribution >= 4 is 29.3 Å². The highest BCUT2D eigenvalue weighted by molar-refractivity contribution is 7.99. The predicted molar refractivity (Wildman–Crippen MR) is 94.3 cm³/mol. The molecule has 29 heavy (non-hydrogen) atoms. The van der Waals surface area contributed by atoms with Crippen LogP contribution in [0.3, 0.4) is 0 Å². The molecule has 0 spiro atoms. The summed E-state index contributed by atoms with van der Waals surface area (Å²) in [6, 6.07) is 5.02. The van der Waals surface area contributed by atoms with Gasteiger partial charge in [-0.15, -0.1) is 5.10 Å². The summed E-state index contributed by atoms with van der Waals surface area (Å²) < 4.78 is 46.2. The van der Waals surface area contributed by atoms with Crippen molar-refractivity contribution in [1.82, 2.24) is 25.5 Å². The zero-order chi connectivity index (χ0) is 20.8. The van der Waals surface area contributed by atoms with Crippen LogP contribution in [0.1, 0.15) is 5.76 Å². The Morgan fingerprint density at radius 3 is 2.72 bits per heavy atom. The molecule has 13 heteroatoms. The van der Waals surface area contributed by atoms with Crippen LogP contribution < -0.4 is 10.6 Å². The average molecular weight is 426 g/mol. The van der Waals surface area contributed by atoms with E-state index in [1.165, 1.54) is 10.9 Å². The van der Waals surface area contributed by atoms with E-state index in [0.29, 0.717) is 17.0 Å². The lowest BCUT2D eigenvalue weighted by Gasteiger charge is -2.08. The third kappa shape index (κ3) is 5.34. The van der Waals surface area contributed by atoms with Crippen molar-refractivity contribution < 1.29 is 27.2 Å². The van der Waals surface area contributed by atoms with E-state index in [4.69, 9.17) is 4.42 Å². The molecular weight excluding hydrogens is 413 g/mol. The monoisotopic (exact) mass is 426 g/mol. The van der Waals surface area contributed by atoms with E-state index in [1.807, 2.05) is 5.32 Å². The fourth-order valence-corrected chi connectivity index (χ4v) is 2.83. The van der Waals surface area contributed by atoms with Gasteiger partial charge in [0.1, 0.15) is 12.3 Å². The maximum Gasteiger partial charge on any atom is 0.243 e. The van der Waals surface area contributed by atoms with Crippen molar-refractivity contribution in [2.75, 3.05) is 17.6 Å². The normalized spacial score (nSPS) is 10.7. The lowest BCUT2D eigenvalue weighted by Crippen LogP contribution is -2.34. The number of rotatable bonds is 8. The van der Waals surface area contributed by atoms with Crippen LogP contribution in [0.5, 0.6) is 0 Å². The van der Waals surface area contributed by atoms with Gasteiger partial charge in [-0.25, -0.2) is 17.9 Å². The lowest BCUT2D eigenvalue weighted by molar-refractivity contribution is -0.122. The third-order valence-electron chi connectivity index (χ3n) is 3.47. The summed E-state index contributed by atoms with van der Waals surface area (Å²) in [6.45, 7) is -0.207. The number of nitrogens with one attached hydrogen (secondary N) is 2. The van der Waals surface area contributed by atoms with E-state index < -0.39 is 41.5 Å². The van der Waals surface area contributed by atoms with Crippen LogP contribution in [-0.2, 0) is 16.1 Å². The first-order chi connectivity index (χ1) is 13.9. The van der Waals surface area contributed by atoms with Gasteiger partial charge in [0.15, 0.2) is 17.5 Å². The summed E-state index contributed by atoms with van der Waals surface area (Å²) in [5, 5.41) is 15.9. The Morgan fingerprint density at radius 1 is 1.14 bits per heavy atom. The minimum absolute atomic E-state index is 0.0919. The van der Waals surface area contributed by atoms with Crippen LogP contribution in [0.25, 0.3) is 0 Å². The summed E-state index contributed by atoms with van der Waals surface area (Å²) in [5.74, 6) is -5.38. The Bertz CT molecular complexity index is 1010. The number of anilines is 1. The van der Waals surface area contributed by atoms with Crippen molar-refractivity contribution in [1.29, 1.82) is 0 Å². The van der Waals surface area contributed by atoms with Gasteiger partial charge >= 0.3 is 0 Å². The number of halogens is 3. The van der Waals surface area contributed by atoms with Gasteiger partial charge in [-0.1, -0.05) is 11.8 Å². The molecule has 0 atom stereocenters. The second-order valence-electron chi connectivity index (χ2n) is 5.53. The van der Waals surface area contributed by atoms with Crippen molar-refractivity contribution in [2.45, 2.75) is 11.7 Å². The molecule has 0 fully saturated rings. The minimum Gasteiger partial charge on any atom is -0.467 e. The second-order valence-corrected chi connectivity index (χ2v) is 6.48. The molecule has 0 aliphatic heterocycles. The molecule has 0 bridgehead atoms. The first-order valence-corrected chi connectivity index (χ1v) is 9.04. The summed E-state index contributed by atoms with van der Waals surface area (Å²) in [7, 11) is 0. The van der Waals surface area contributed by atoms with Gasteiger partial charge < -0.3 is 15.1 Å². The predicted octanol–water partition coefficient (Wildman–Crippen LogP) is 1.58. The zero-order valence-electron chi connectivity index (χ0n) is 14.6. The van der Waals surface area contributed by atoms with Gasteiger partial charge in [0.25, 0.3) is 0 Å². The van der Waals surface area contributed by atoms with Crippen LogP contribution in [0.4, 0.5) is 18.9 Å². The number of nitrogens with zero attached hydrogens (tertiary/aromatic N) is 4. The molecule has 0 aliphatic carbocycles. The molecule has 0 radical (unpaired) electrons. The number of aromatic nitrogens is 4. The number of carbonyl (C=O) groups excluding carboxylic acids is 2. The average Bonchev–Trinajstić information content (AvgIpc) is 3.37. The highest BCUT2D eigenvalue weighted by Gasteiger charge is 2.16.